The van der Waals surface area contributed by atoms with Crippen LogP contribution in [0.25, 0.3) is 0 Å². The van der Waals surface area contributed by atoms with Gasteiger partial charge in [-0.15, -0.1) is 0 Å². The zero-order chi connectivity index (χ0) is 16.8. The van der Waals surface area contributed by atoms with Crippen molar-refractivity contribution in [1.82, 2.24) is 4.72 Å². The van der Waals surface area contributed by atoms with E-state index in [0.717, 1.165) is 0 Å². The minimum Gasteiger partial charge on any atom is -0.462 e. The Hall–Kier alpha value is -1.91. The number of sulfonamides is 1. The maximum atomic E-state index is 12.1. The molecule has 0 heterocycles. The Morgan fingerprint density at radius 3 is 2.68 bits per heavy atom. The van der Waals surface area contributed by atoms with Gasteiger partial charge in [0.2, 0.25) is 10.0 Å². The Kier molecular flexibility index (Phi) is 6.53. The third-order valence-corrected chi connectivity index (χ3v) is 4.45. The van der Waals surface area contributed by atoms with Crippen molar-refractivity contribution in [2.45, 2.75) is 44.6 Å². The standard InChI is InChI=1S/C15H20N2O4S/c1-11(2)17-22(19,20)13-7-6-12(3)14(10-13)15(18)21-9-5-4-8-16/h6-7,10-11,17H,4-5,9H2,1-3H3. The van der Waals surface area contributed by atoms with Crippen molar-refractivity contribution >= 4 is 16.0 Å². The Morgan fingerprint density at radius 2 is 2.09 bits per heavy atom. The van der Waals surface area contributed by atoms with E-state index >= 15 is 0 Å². The van der Waals surface area contributed by atoms with Crippen molar-refractivity contribution in [3.8, 4) is 6.07 Å². The average Bonchev–Trinajstić information content (AvgIpc) is 2.42. The second-order valence-electron chi connectivity index (χ2n) is 5.15. The van der Waals surface area contributed by atoms with Crippen LogP contribution in [0.2, 0.25) is 0 Å². The van der Waals surface area contributed by atoms with Gasteiger partial charge in [-0.05, 0) is 44.9 Å². The minimum absolute atomic E-state index is 0.0239. The molecule has 1 aromatic rings. The molecule has 0 aromatic heterocycles. The predicted octanol–water partition coefficient (Wildman–Crippen LogP) is 2.14. The van der Waals surface area contributed by atoms with Gasteiger partial charge in [-0.25, -0.2) is 17.9 Å². The summed E-state index contributed by atoms with van der Waals surface area (Å²) in [6.07, 6.45) is 0.757. The molecule has 0 aliphatic heterocycles. The van der Waals surface area contributed by atoms with Gasteiger partial charge in [0.15, 0.2) is 0 Å². The number of aryl methyl sites for hydroxylation is 1. The number of ether oxygens (including phenoxy) is 1. The topological polar surface area (TPSA) is 96.3 Å². The molecule has 6 nitrogen and oxygen atoms in total. The van der Waals surface area contributed by atoms with Crippen LogP contribution in [0.1, 0.15) is 42.6 Å². The van der Waals surface area contributed by atoms with E-state index in [-0.39, 0.29) is 23.1 Å². The monoisotopic (exact) mass is 324 g/mol. The smallest absolute Gasteiger partial charge is 0.338 e. The molecule has 0 atom stereocenters. The van der Waals surface area contributed by atoms with E-state index in [9.17, 15) is 13.2 Å². The van der Waals surface area contributed by atoms with Crippen LogP contribution in [0.4, 0.5) is 0 Å². The number of carbonyl (C=O) groups excluding carboxylic acids is 1. The van der Waals surface area contributed by atoms with Gasteiger partial charge in [-0.2, -0.15) is 5.26 Å². The van der Waals surface area contributed by atoms with Crippen molar-refractivity contribution in [2.24, 2.45) is 0 Å². The fourth-order valence-corrected chi connectivity index (χ4v) is 3.04. The molecular weight excluding hydrogens is 304 g/mol. The Bertz CT molecular complexity index is 675. The largest absolute Gasteiger partial charge is 0.462 e. The summed E-state index contributed by atoms with van der Waals surface area (Å²) < 4.78 is 31.8. The third kappa shape index (κ3) is 5.13. The van der Waals surface area contributed by atoms with Gasteiger partial charge in [0.1, 0.15) is 0 Å². The fraction of sp³-hybridized carbons (Fsp3) is 0.467. The van der Waals surface area contributed by atoms with Gasteiger partial charge >= 0.3 is 5.97 Å². The van der Waals surface area contributed by atoms with Crippen LogP contribution in [-0.4, -0.2) is 27.0 Å². The van der Waals surface area contributed by atoms with E-state index in [1.165, 1.54) is 12.1 Å². The van der Waals surface area contributed by atoms with E-state index in [0.29, 0.717) is 18.4 Å². The van der Waals surface area contributed by atoms with Gasteiger partial charge in [-0.3, -0.25) is 0 Å². The average molecular weight is 324 g/mol. The lowest BCUT2D eigenvalue weighted by atomic mass is 10.1. The molecule has 1 N–H and O–H groups in total. The van der Waals surface area contributed by atoms with Crippen LogP contribution in [0.15, 0.2) is 23.1 Å². The number of carbonyl (C=O) groups is 1. The fourth-order valence-electron chi connectivity index (χ4n) is 1.76. The van der Waals surface area contributed by atoms with Crippen molar-refractivity contribution in [3.63, 3.8) is 0 Å². The molecule has 0 amide bonds. The summed E-state index contributed by atoms with van der Waals surface area (Å²) >= 11 is 0. The van der Waals surface area contributed by atoms with Crippen molar-refractivity contribution in [2.75, 3.05) is 6.61 Å². The SMILES string of the molecule is Cc1ccc(S(=O)(=O)NC(C)C)cc1C(=O)OCCCC#N. The Labute approximate surface area is 131 Å². The summed E-state index contributed by atoms with van der Waals surface area (Å²) in [7, 11) is -3.66. The molecule has 1 aromatic carbocycles. The minimum atomic E-state index is -3.66. The highest BCUT2D eigenvalue weighted by atomic mass is 32.2. The lowest BCUT2D eigenvalue weighted by Crippen LogP contribution is -2.30. The van der Waals surface area contributed by atoms with Crippen molar-refractivity contribution in [1.29, 1.82) is 5.26 Å². The van der Waals surface area contributed by atoms with Crippen molar-refractivity contribution < 1.29 is 17.9 Å². The van der Waals surface area contributed by atoms with Crippen LogP contribution in [-0.2, 0) is 14.8 Å². The molecule has 0 unspecified atom stereocenters. The van der Waals surface area contributed by atoms with Crippen LogP contribution in [0, 0.1) is 18.3 Å². The lowest BCUT2D eigenvalue weighted by molar-refractivity contribution is 0.0500. The van der Waals surface area contributed by atoms with Crippen LogP contribution < -0.4 is 4.72 Å². The predicted molar refractivity (Wildman–Crippen MR) is 81.8 cm³/mol. The maximum Gasteiger partial charge on any atom is 0.338 e. The molecule has 0 aliphatic rings. The number of nitriles is 1. The van der Waals surface area contributed by atoms with E-state index in [2.05, 4.69) is 4.72 Å². The van der Waals surface area contributed by atoms with Gasteiger partial charge in [-0.1, -0.05) is 6.07 Å². The van der Waals surface area contributed by atoms with Crippen LogP contribution >= 0.6 is 0 Å². The zero-order valence-electron chi connectivity index (χ0n) is 12.9. The quantitative estimate of drug-likeness (QED) is 0.612. The van der Waals surface area contributed by atoms with Crippen LogP contribution in [0.3, 0.4) is 0 Å². The molecule has 7 heteroatoms. The number of nitrogens with one attached hydrogen (secondary N) is 1. The zero-order valence-corrected chi connectivity index (χ0v) is 13.7. The molecule has 120 valence electrons. The third-order valence-electron chi connectivity index (χ3n) is 2.80. The molecular formula is C15H20N2O4S. The molecule has 22 heavy (non-hydrogen) atoms. The molecule has 0 saturated heterocycles. The second kappa shape index (κ2) is 7.92. The van der Waals surface area contributed by atoms with Gasteiger partial charge < -0.3 is 4.74 Å². The highest BCUT2D eigenvalue weighted by Gasteiger charge is 2.19. The first-order valence-corrected chi connectivity index (χ1v) is 8.43. The van der Waals surface area contributed by atoms with Gasteiger partial charge in [0.05, 0.1) is 23.1 Å². The maximum absolute atomic E-state index is 12.1. The number of nitrogens with zero attached hydrogens (tertiary/aromatic N) is 1. The molecule has 0 fully saturated rings. The number of benzene rings is 1. The number of rotatable bonds is 7. The van der Waals surface area contributed by atoms with Crippen LogP contribution in [0.5, 0.6) is 0 Å². The van der Waals surface area contributed by atoms with E-state index in [1.807, 2.05) is 6.07 Å². The first kappa shape index (κ1) is 18.1. The highest BCUT2D eigenvalue weighted by Crippen LogP contribution is 2.17. The normalized spacial score (nSPS) is 11.2. The molecule has 0 spiro atoms. The summed E-state index contributed by atoms with van der Waals surface area (Å²) in [5, 5.41) is 8.43. The van der Waals surface area contributed by atoms with E-state index in [1.54, 1.807) is 26.8 Å². The Balaban J connectivity index is 2.95. The molecule has 0 aliphatic carbocycles. The molecule has 0 radical (unpaired) electrons. The summed E-state index contributed by atoms with van der Waals surface area (Å²) in [5.74, 6) is -0.586. The lowest BCUT2D eigenvalue weighted by Gasteiger charge is -2.12. The summed E-state index contributed by atoms with van der Waals surface area (Å²) in [6.45, 7) is 5.28. The Morgan fingerprint density at radius 1 is 1.41 bits per heavy atom. The summed E-state index contributed by atoms with van der Waals surface area (Å²) in [4.78, 5) is 12.0. The summed E-state index contributed by atoms with van der Waals surface area (Å²) in [5.41, 5.74) is 0.845. The first-order chi connectivity index (χ1) is 10.3. The molecule has 0 bridgehead atoms. The second-order valence-corrected chi connectivity index (χ2v) is 6.86. The van der Waals surface area contributed by atoms with E-state index < -0.39 is 16.0 Å². The number of hydrogen-bond donors (Lipinski definition) is 1. The number of unbranched alkanes of at least 4 members (excludes halogenated alkanes) is 1. The summed E-state index contributed by atoms with van der Waals surface area (Å²) in [6, 6.07) is 6.05. The van der Waals surface area contributed by atoms with Crippen molar-refractivity contribution in [3.05, 3.63) is 29.3 Å². The molecule has 1 rings (SSSR count). The number of hydrogen-bond acceptors (Lipinski definition) is 5. The van der Waals surface area contributed by atoms with E-state index in [4.69, 9.17) is 10.00 Å². The first-order valence-electron chi connectivity index (χ1n) is 6.95. The number of esters is 1. The van der Waals surface area contributed by atoms with Gasteiger partial charge in [0, 0.05) is 12.5 Å². The highest BCUT2D eigenvalue weighted by molar-refractivity contribution is 7.89. The molecule has 0 saturated carbocycles. The van der Waals surface area contributed by atoms with Gasteiger partial charge in [0.25, 0.3) is 0 Å².